The molecular formula is C13H20ClN3O. The van der Waals surface area contributed by atoms with Crippen LogP contribution in [-0.4, -0.2) is 28.5 Å². The van der Waals surface area contributed by atoms with E-state index >= 15 is 0 Å². The first-order valence-electron chi connectivity index (χ1n) is 6.60. The third-order valence-corrected chi connectivity index (χ3v) is 3.59. The van der Waals surface area contributed by atoms with Gasteiger partial charge in [-0.15, -0.1) is 11.6 Å². The molecule has 1 aromatic rings. The lowest BCUT2D eigenvalue weighted by Gasteiger charge is -2.25. The fourth-order valence-electron chi connectivity index (χ4n) is 2.31. The highest BCUT2D eigenvalue weighted by atomic mass is 35.5. The highest BCUT2D eigenvalue weighted by Crippen LogP contribution is 2.27. The molecule has 1 aromatic heterocycles. The molecule has 2 atom stereocenters. The van der Waals surface area contributed by atoms with Gasteiger partial charge in [0.1, 0.15) is 5.82 Å². The van der Waals surface area contributed by atoms with E-state index in [0.29, 0.717) is 23.8 Å². The lowest BCUT2D eigenvalue weighted by Crippen LogP contribution is -2.22. The van der Waals surface area contributed by atoms with Gasteiger partial charge in [0.25, 0.3) is 0 Å². The molecule has 1 fully saturated rings. The fourth-order valence-corrected chi connectivity index (χ4v) is 2.72. The summed E-state index contributed by atoms with van der Waals surface area (Å²) < 4.78 is 5.32. The Morgan fingerprint density at radius 1 is 1.44 bits per heavy atom. The maximum absolute atomic E-state index is 6.18. The van der Waals surface area contributed by atoms with Crippen molar-refractivity contribution in [3.63, 3.8) is 0 Å². The van der Waals surface area contributed by atoms with Crippen molar-refractivity contribution in [1.29, 1.82) is 0 Å². The van der Waals surface area contributed by atoms with Gasteiger partial charge in [-0.3, -0.25) is 4.98 Å². The normalized spacial score (nSPS) is 23.7. The summed E-state index contributed by atoms with van der Waals surface area (Å²) in [4.78, 5) is 8.44. The van der Waals surface area contributed by atoms with Gasteiger partial charge in [-0.2, -0.15) is 4.98 Å². The maximum atomic E-state index is 6.18. The Kier molecular flexibility index (Phi) is 5.05. The van der Waals surface area contributed by atoms with Gasteiger partial charge in [-0.05, 0) is 32.1 Å². The molecule has 100 valence electrons. The molecule has 2 unspecified atom stereocenters. The van der Waals surface area contributed by atoms with Crippen LogP contribution in [0, 0.1) is 5.92 Å². The monoisotopic (exact) mass is 269 g/mol. The lowest BCUT2D eigenvalue weighted by molar-refractivity contribution is 0.325. The number of halogens is 1. The highest BCUT2D eigenvalue weighted by Gasteiger charge is 2.20. The molecule has 0 radical (unpaired) electrons. The minimum absolute atomic E-state index is 0.339. The summed E-state index contributed by atoms with van der Waals surface area (Å²) >= 11 is 6.18. The fraction of sp³-hybridized carbons (Fsp3) is 0.692. The number of ether oxygens (including phenoxy) is 1. The number of anilines is 1. The van der Waals surface area contributed by atoms with Crippen molar-refractivity contribution >= 4 is 17.4 Å². The van der Waals surface area contributed by atoms with E-state index in [4.69, 9.17) is 16.3 Å². The summed E-state index contributed by atoms with van der Waals surface area (Å²) in [5, 5.41) is 3.66. The lowest BCUT2D eigenvalue weighted by atomic mass is 9.89. The Labute approximate surface area is 113 Å². The highest BCUT2D eigenvalue weighted by molar-refractivity contribution is 6.20. The zero-order valence-corrected chi connectivity index (χ0v) is 11.5. The first-order valence-corrected chi connectivity index (χ1v) is 7.04. The maximum Gasteiger partial charge on any atom is 0.234 e. The van der Waals surface area contributed by atoms with Crippen molar-refractivity contribution in [2.45, 2.75) is 38.0 Å². The van der Waals surface area contributed by atoms with E-state index < -0.39 is 0 Å². The Hall–Kier alpha value is -1.03. The van der Waals surface area contributed by atoms with E-state index in [1.54, 1.807) is 12.4 Å². The molecule has 2 rings (SSSR count). The number of hydrogen-bond donors (Lipinski definition) is 1. The van der Waals surface area contributed by atoms with Crippen LogP contribution in [0.1, 0.15) is 32.6 Å². The topological polar surface area (TPSA) is 47.0 Å². The van der Waals surface area contributed by atoms with Crippen LogP contribution >= 0.6 is 11.6 Å². The number of nitrogens with one attached hydrogen (secondary N) is 1. The molecule has 0 aliphatic heterocycles. The van der Waals surface area contributed by atoms with Gasteiger partial charge in [0.15, 0.2) is 0 Å². The second kappa shape index (κ2) is 6.78. The van der Waals surface area contributed by atoms with Crippen molar-refractivity contribution in [2.75, 3.05) is 18.5 Å². The average molecular weight is 270 g/mol. The first kappa shape index (κ1) is 13.4. The molecule has 0 bridgehead atoms. The number of nitrogens with zero attached hydrogens (tertiary/aromatic N) is 2. The molecule has 0 spiro atoms. The van der Waals surface area contributed by atoms with Gasteiger partial charge in [-0.1, -0.05) is 6.42 Å². The molecule has 4 nitrogen and oxygen atoms in total. The van der Waals surface area contributed by atoms with Crippen molar-refractivity contribution in [3.05, 3.63) is 12.4 Å². The van der Waals surface area contributed by atoms with Crippen LogP contribution in [0.15, 0.2) is 12.4 Å². The van der Waals surface area contributed by atoms with Crippen molar-refractivity contribution in [2.24, 2.45) is 5.92 Å². The summed E-state index contributed by atoms with van der Waals surface area (Å²) in [6.07, 6.45) is 8.07. The molecule has 1 aliphatic carbocycles. The van der Waals surface area contributed by atoms with Gasteiger partial charge < -0.3 is 10.1 Å². The minimum atomic E-state index is 0.339. The second-order valence-corrected chi connectivity index (χ2v) is 5.30. The predicted octanol–water partition coefficient (Wildman–Crippen LogP) is 3.08. The van der Waals surface area contributed by atoms with E-state index in [2.05, 4.69) is 15.3 Å². The average Bonchev–Trinajstić information content (AvgIpc) is 2.37. The summed E-state index contributed by atoms with van der Waals surface area (Å²) in [5.74, 6) is 1.98. The van der Waals surface area contributed by atoms with E-state index in [1.807, 2.05) is 6.92 Å². The SMILES string of the molecule is CCOc1cncc(NCC2CCCC(Cl)C2)n1. The van der Waals surface area contributed by atoms with Crippen LogP contribution in [0.5, 0.6) is 5.88 Å². The summed E-state index contributed by atoms with van der Waals surface area (Å²) in [6, 6.07) is 0. The Morgan fingerprint density at radius 3 is 3.11 bits per heavy atom. The van der Waals surface area contributed by atoms with Crippen molar-refractivity contribution < 1.29 is 4.74 Å². The number of hydrogen-bond acceptors (Lipinski definition) is 4. The number of aromatic nitrogens is 2. The Balaban J connectivity index is 1.83. The van der Waals surface area contributed by atoms with Gasteiger partial charge >= 0.3 is 0 Å². The quantitative estimate of drug-likeness (QED) is 0.835. The van der Waals surface area contributed by atoms with Crippen LogP contribution in [-0.2, 0) is 0 Å². The third kappa shape index (κ3) is 4.02. The minimum Gasteiger partial charge on any atom is -0.477 e. The molecule has 1 saturated carbocycles. The molecule has 0 amide bonds. The van der Waals surface area contributed by atoms with E-state index in [0.717, 1.165) is 25.2 Å². The Morgan fingerprint density at radius 2 is 2.33 bits per heavy atom. The van der Waals surface area contributed by atoms with Gasteiger partial charge in [-0.25, -0.2) is 0 Å². The van der Waals surface area contributed by atoms with Crippen LogP contribution in [0.3, 0.4) is 0 Å². The summed E-state index contributed by atoms with van der Waals surface area (Å²) in [6.45, 7) is 3.45. The van der Waals surface area contributed by atoms with Crippen molar-refractivity contribution in [1.82, 2.24) is 9.97 Å². The molecule has 18 heavy (non-hydrogen) atoms. The molecular weight excluding hydrogens is 250 g/mol. The molecule has 0 aromatic carbocycles. The molecule has 1 N–H and O–H groups in total. The van der Waals surface area contributed by atoms with Crippen LogP contribution in [0.25, 0.3) is 0 Å². The first-order chi connectivity index (χ1) is 8.78. The van der Waals surface area contributed by atoms with Crippen molar-refractivity contribution in [3.8, 4) is 5.88 Å². The largest absolute Gasteiger partial charge is 0.477 e. The smallest absolute Gasteiger partial charge is 0.234 e. The van der Waals surface area contributed by atoms with Gasteiger partial charge in [0.2, 0.25) is 5.88 Å². The van der Waals surface area contributed by atoms with Crippen LogP contribution < -0.4 is 10.1 Å². The van der Waals surface area contributed by atoms with Gasteiger partial charge in [0, 0.05) is 11.9 Å². The van der Waals surface area contributed by atoms with E-state index in [1.165, 1.54) is 12.8 Å². The number of alkyl halides is 1. The molecule has 5 heteroatoms. The molecule has 1 aliphatic rings. The predicted molar refractivity (Wildman–Crippen MR) is 73.3 cm³/mol. The summed E-state index contributed by atoms with van der Waals surface area (Å²) in [7, 11) is 0. The van der Waals surface area contributed by atoms with Crippen LogP contribution in [0.4, 0.5) is 5.82 Å². The number of rotatable bonds is 5. The molecule has 0 saturated heterocycles. The standard InChI is InChI=1S/C13H20ClN3O/c1-2-18-13-9-15-8-12(17-13)16-7-10-4-3-5-11(14)6-10/h8-11H,2-7H2,1H3,(H,16,17). The second-order valence-electron chi connectivity index (χ2n) is 4.69. The van der Waals surface area contributed by atoms with Gasteiger partial charge in [0.05, 0.1) is 19.0 Å². The summed E-state index contributed by atoms with van der Waals surface area (Å²) in [5.41, 5.74) is 0. The third-order valence-electron chi connectivity index (χ3n) is 3.20. The zero-order valence-electron chi connectivity index (χ0n) is 10.7. The van der Waals surface area contributed by atoms with Crippen LogP contribution in [0.2, 0.25) is 0 Å². The molecule has 1 heterocycles. The Bertz CT molecular complexity index is 375. The van der Waals surface area contributed by atoms with E-state index in [9.17, 15) is 0 Å². The van der Waals surface area contributed by atoms with E-state index in [-0.39, 0.29) is 0 Å². The zero-order chi connectivity index (χ0) is 12.8.